The number of rotatable bonds is 3. The van der Waals surface area contributed by atoms with Crippen LogP contribution in [0.2, 0.25) is 0 Å². The molecule has 0 spiro atoms. The highest BCUT2D eigenvalue weighted by Crippen LogP contribution is 2.29. The third kappa shape index (κ3) is 2.42. The van der Waals surface area contributed by atoms with E-state index in [0.717, 1.165) is 5.52 Å². The number of aliphatic hydroxyl groups is 3. The first kappa shape index (κ1) is 14.8. The van der Waals surface area contributed by atoms with Crippen molar-refractivity contribution in [2.75, 3.05) is 0 Å². The number of aromatic nitrogens is 1. The summed E-state index contributed by atoms with van der Waals surface area (Å²) in [6.07, 6.45) is -6.41. The van der Waals surface area contributed by atoms with Crippen molar-refractivity contribution in [1.29, 1.82) is 0 Å². The molecule has 1 aromatic carbocycles. The van der Waals surface area contributed by atoms with E-state index in [1.807, 2.05) is 6.07 Å². The fraction of sp³-hybridized carbons (Fsp3) is 0.357. The minimum Gasteiger partial charge on any atom is -0.479 e. The number of aromatic amines is 1. The van der Waals surface area contributed by atoms with Crippen molar-refractivity contribution >= 4 is 16.9 Å². The van der Waals surface area contributed by atoms with Crippen LogP contribution in [0.4, 0.5) is 0 Å². The molecule has 0 aliphatic carbocycles. The van der Waals surface area contributed by atoms with Gasteiger partial charge < -0.3 is 34.9 Å². The summed E-state index contributed by atoms with van der Waals surface area (Å²) in [5.41, 5.74) is 0.790. The minimum atomic E-state index is -1.74. The highest BCUT2D eigenvalue weighted by molar-refractivity contribution is 5.85. The Labute approximate surface area is 124 Å². The van der Waals surface area contributed by atoms with Crippen molar-refractivity contribution in [1.82, 2.24) is 4.98 Å². The van der Waals surface area contributed by atoms with Crippen LogP contribution in [0, 0.1) is 0 Å². The predicted octanol–water partition coefficient (Wildman–Crippen LogP) is -0.561. The first-order chi connectivity index (χ1) is 10.5. The molecule has 1 fully saturated rings. The lowest BCUT2D eigenvalue weighted by atomic mass is 9.99. The van der Waals surface area contributed by atoms with E-state index in [4.69, 9.17) is 14.6 Å². The molecular weight excluding hydrogens is 294 g/mol. The van der Waals surface area contributed by atoms with Gasteiger partial charge in [-0.3, -0.25) is 0 Å². The monoisotopic (exact) mass is 309 g/mol. The Hall–Kier alpha value is -2.13. The van der Waals surface area contributed by atoms with Gasteiger partial charge in [0.25, 0.3) is 0 Å². The van der Waals surface area contributed by atoms with Gasteiger partial charge in [0.05, 0.1) is 0 Å². The molecular formula is C14H15NO7. The highest BCUT2D eigenvalue weighted by atomic mass is 16.7. The third-order valence-electron chi connectivity index (χ3n) is 3.61. The van der Waals surface area contributed by atoms with Gasteiger partial charge in [-0.05, 0) is 18.2 Å². The number of hydrogen-bond acceptors (Lipinski definition) is 6. The molecule has 8 nitrogen and oxygen atoms in total. The second-order valence-corrected chi connectivity index (χ2v) is 5.05. The Morgan fingerprint density at radius 3 is 2.64 bits per heavy atom. The summed E-state index contributed by atoms with van der Waals surface area (Å²) in [5, 5.41) is 39.0. The fourth-order valence-electron chi connectivity index (χ4n) is 2.43. The number of ether oxygens (including phenoxy) is 2. The number of carbonyl (C=O) groups is 1. The van der Waals surface area contributed by atoms with Gasteiger partial charge in [-0.1, -0.05) is 6.07 Å². The van der Waals surface area contributed by atoms with E-state index in [1.165, 1.54) is 0 Å². The number of hydrogen-bond donors (Lipinski definition) is 5. The normalized spacial score (nSPS) is 32.0. The van der Waals surface area contributed by atoms with E-state index in [2.05, 4.69) is 4.98 Å². The molecule has 2 aromatic rings. The second kappa shape index (κ2) is 5.58. The molecule has 0 saturated carbocycles. The van der Waals surface area contributed by atoms with Gasteiger partial charge in [-0.15, -0.1) is 0 Å². The molecule has 118 valence electrons. The summed E-state index contributed by atoms with van der Waals surface area (Å²) >= 11 is 0. The molecule has 0 radical (unpaired) electrons. The minimum absolute atomic E-state index is 0.357. The van der Waals surface area contributed by atoms with E-state index >= 15 is 0 Å². The highest BCUT2D eigenvalue weighted by Gasteiger charge is 2.48. The van der Waals surface area contributed by atoms with E-state index in [0.29, 0.717) is 11.1 Å². The molecule has 0 amide bonds. The summed E-state index contributed by atoms with van der Waals surface area (Å²) in [6.45, 7) is 0. The average Bonchev–Trinajstić information content (AvgIpc) is 2.97. The van der Waals surface area contributed by atoms with Crippen LogP contribution in [0.15, 0.2) is 30.5 Å². The second-order valence-electron chi connectivity index (χ2n) is 5.05. The fourth-order valence-corrected chi connectivity index (χ4v) is 2.43. The molecule has 1 aromatic heterocycles. The van der Waals surface area contributed by atoms with E-state index in [1.54, 1.807) is 24.4 Å². The van der Waals surface area contributed by atoms with Gasteiger partial charge >= 0.3 is 5.97 Å². The summed E-state index contributed by atoms with van der Waals surface area (Å²) in [7, 11) is 0. The number of carboxylic acid groups (broad SMARTS) is 1. The Morgan fingerprint density at radius 2 is 1.91 bits per heavy atom. The van der Waals surface area contributed by atoms with Crippen LogP contribution in [-0.4, -0.2) is 62.1 Å². The van der Waals surface area contributed by atoms with Gasteiger partial charge in [0.2, 0.25) is 6.29 Å². The van der Waals surface area contributed by atoms with Crippen LogP contribution >= 0.6 is 0 Å². The molecule has 5 atom stereocenters. The molecule has 1 aliphatic rings. The van der Waals surface area contributed by atoms with Gasteiger partial charge in [-0.25, -0.2) is 4.79 Å². The maximum absolute atomic E-state index is 11.0. The molecule has 0 bridgehead atoms. The van der Waals surface area contributed by atoms with Crippen LogP contribution in [0.25, 0.3) is 10.9 Å². The maximum atomic E-state index is 11.0. The lowest BCUT2D eigenvalue weighted by Crippen LogP contribution is -2.61. The summed E-state index contributed by atoms with van der Waals surface area (Å²) in [6, 6.07) is 6.90. The zero-order valence-electron chi connectivity index (χ0n) is 11.3. The van der Waals surface area contributed by atoms with Crippen molar-refractivity contribution in [3.8, 4) is 5.75 Å². The van der Waals surface area contributed by atoms with Crippen molar-refractivity contribution in [3.05, 3.63) is 30.5 Å². The number of nitrogens with one attached hydrogen (secondary N) is 1. The average molecular weight is 309 g/mol. The Morgan fingerprint density at radius 1 is 1.14 bits per heavy atom. The molecule has 3 rings (SSSR count). The van der Waals surface area contributed by atoms with Crippen molar-refractivity contribution in [2.24, 2.45) is 0 Å². The summed E-state index contributed by atoms with van der Waals surface area (Å²) in [5.74, 6) is -1.09. The number of carboxylic acids is 1. The molecule has 0 unspecified atom stereocenters. The van der Waals surface area contributed by atoms with Gasteiger partial charge in [-0.2, -0.15) is 0 Å². The van der Waals surface area contributed by atoms with Gasteiger partial charge in [0.1, 0.15) is 24.1 Å². The van der Waals surface area contributed by atoms with Crippen molar-refractivity contribution < 1.29 is 34.7 Å². The largest absolute Gasteiger partial charge is 0.479 e. The zero-order chi connectivity index (χ0) is 15.9. The van der Waals surface area contributed by atoms with E-state index < -0.39 is 36.7 Å². The first-order valence-electron chi connectivity index (χ1n) is 6.64. The van der Waals surface area contributed by atoms with Crippen LogP contribution in [-0.2, 0) is 9.53 Å². The topological polar surface area (TPSA) is 132 Å². The van der Waals surface area contributed by atoms with E-state index in [9.17, 15) is 20.1 Å². The lowest BCUT2D eigenvalue weighted by Gasteiger charge is -2.38. The van der Waals surface area contributed by atoms with E-state index in [-0.39, 0.29) is 0 Å². The number of benzene rings is 1. The number of H-pyrrole nitrogens is 1. The molecule has 22 heavy (non-hydrogen) atoms. The molecule has 5 N–H and O–H groups in total. The number of aliphatic hydroxyl groups excluding tert-OH is 3. The summed E-state index contributed by atoms with van der Waals surface area (Å²) < 4.78 is 10.6. The Kier molecular flexibility index (Phi) is 3.75. The van der Waals surface area contributed by atoms with Crippen molar-refractivity contribution in [2.45, 2.75) is 30.7 Å². The quantitative estimate of drug-likeness (QED) is 0.513. The number of fused-ring (bicyclic) bond motifs is 1. The van der Waals surface area contributed by atoms with Crippen LogP contribution in [0.3, 0.4) is 0 Å². The van der Waals surface area contributed by atoms with Crippen LogP contribution in [0.1, 0.15) is 0 Å². The Balaban J connectivity index is 1.87. The van der Waals surface area contributed by atoms with Crippen LogP contribution < -0.4 is 4.74 Å². The summed E-state index contributed by atoms with van der Waals surface area (Å²) in [4.78, 5) is 14.0. The van der Waals surface area contributed by atoms with Gasteiger partial charge in [0, 0.05) is 17.1 Å². The molecule has 1 saturated heterocycles. The molecule has 1 aliphatic heterocycles. The first-order valence-corrected chi connectivity index (χ1v) is 6.64. The maximum Gasteiger partial charge on any atom is 0.335 e. The predicted molar refractivity (Wildman–Crippen MR) is 73.2 cm³/mol. The third-order valence-corrected chi connectivity index (χ3v) is 3.61. The SMILES string of the molecule is O=C(O)[C@H]1O[C@@H](Oc2cccc3[nH]ccc23)[C@H](O)[C@@H](O)[C@@H]1O. The standard InChI is InChI=1S/C14H15NO7/c16-9-10(17)12(13(19)20)22-14(11(9)18)21-8-3-1-2-7-6(8)4-5-15-7/h1-5,9-12,14-18H,(H,19,20)/t9-,10-,11+,12-,14+/m0/s1. The smallest absolute Gasteiger partial charge is 0.335 e. The lowest BCUT2D eigenvalue weighted by molar-refractivity contribution is -0.270. The Bertz CT molecular complexity index is 685. The van der Waals surface area contributed by atoms with Crippen LogP contribution in [0.5, 0.6) is 5.75 Å². The van der Waals surface area contributed by atoms with Crippen molar-refractivity contribution in [3.63, 3.8) is 0 Å². The molecule has 8 heteroatoms. The zero-order valence-corrected chi connectivity index (χ0v) is 11.3. The van der Waals surface area contributed by atoms with Gasteiger partial charge in [0.15, 0.2) is 6.10 Å². The molecule has 2 heterocycles. The number of aliphatic carboxylic acids is 1.